The standard InChI is InChI=1S/C22H21N7O2/c1-28-21(31)16(11-12-29-17-10-6-5-9-15(17)24-22(28)29)23-20(30)19-25-18(26-27-19)13-14-7-3-2-4-8-14/h2-10,16H,11-13H2,1H3,(H,23,30)(H,25,26,27). The molecule has 156 valence electrons. The number of amides is 2. The van der Waals surface area contributed by atoms with Crippen molar-refractivity contribution in [3.05, 3.63) is 71.8 Å². The van der Waals surface area contributed by atoms with E-state index in [0.29, 0.717) is 31.2 Å². The number of H-pyrrole nitrogens is 1. The van der Waals surface area contributed by atoms with Crippen molar-refractivity contribution in [2.24, 2.45) is 0 Å². The summed E-state index contributed by atoms with van der Waals surface area (Å²) in [5, 5.41) is 9.62. The molecule has 0 radical (unpaired) electrons. The Morgan fingerprint density at radius 3 is 2.74 bits per heavy atom. The van der Waals surface area contributed by atoms with Gasteiger partial charge in [-0.3, -0.25) is 19.6 Å². The number of nitrogens with zero attached hydrogens (tertiary/aromatic N) is 5. The van der Waals surface area contributed by atoms with Crippen LogP contribution in [0.15, 0.2) is 54.6 Å². The van der Waals surface area contributed by atoms with Crippen LogP contribution in [-0.2, 0) is 17.8 Å². The molecule has 5 rings (SSSR count). The van der Waals surface area contributed by atoms with E-state index in [9.17, 15) is 9.59 Å². The predicted octanol–water partition coefficient (Wildman–Crippen LogP) is 1.91. The van der Waals surface area contributed by atoms with E-state index in [-0.39, 0.29) is 11.7 Å². The minimum absolute atomic E-state index is 0.0221. The SMILES string of the molecule is CN1C(=O)C(NC(=O)c2n[nH]c(Cc3ccccc3)n2)CCn2c1nc1ccccc12. The van der Waals surface area contributed by atoms with Crippen LogP contribution in [0.25, 0.3) is 11.0 Å². The minimum Gasteiger partial charge on any atom is -0.337 e. The predicted molar refractivity (Wildman–Crippen MR) is 115 cm³/mol. The van der Waals surface area contributed by atoms with Crippen LogP contribution >= 0.6 is 0 Å². The van der Waals surface area contributed by atoms with Crippen molar-refractivity contribution < 1.29 is 9.59 Å². The topological polar surface area (TPSA) is 109 Å². The fraction of sp³-hybridized carbons (Fsp3) is 0.227. The highest BCUT2D eigenvalue weighted by atomic mass is 16.2. The Kier molecular flexibility index (Phi) is 4.70. The molecule has 2 amide bonds. The van der Waals surface area contributed by atoms with E-state index in [1.165, 1.54) is 4.90 Å². The number of hydrogen-bond donors (Lipinski definition) is 2. The summed E-state index contributed by atoms with van der Waals surface area (Å²) in [4.78, 5) is 36.1. The first-order chi connectivity index (χ1) is 15.1. The lowest BCUT2D eigenvalue weighted by Crippen LogP contribution is -2.47. The van der Waals surface area contributed by atoms with Crippen molar-refractivity contribution in [2.75, 3.05) is 11.9 Å². The van der Waals surface area contributed by atoms with Gasteiger partial charge in [0.2, 0.25) is 11.8 Å². The summed E-state index contributed by atoms with van der Waals surface area (Å²) in [5.41, 5.74) is 2.86. The second-order valence-electron chi connectivity index (χ2n) is 7.53. The first-order valence-electron chi connectivity index (χ1n) is 10.1. The lowest BCUT2D eigenvalue weighted by atomic mass is 10.1. The Hall–Kier alpha value is -4.01. The summed E-state index contributed by atoms with van der Waals surface area (Å²) in [5.74, 6) is 0.487. The molecule has 2 aromatic carbocycles. The van der Waals surface area contributed by atoms with Crippen LogP contribution in [0, 0.1) is 0 Å². The molecule has 9 heteroatoms. The normalized spacial score (nSPS) is 16.2. The maximum absolute atomic E-state index is 13.0. The van der Waals surface area contributed by atoms with Gasteiger partial charge in [0.25, 0.3) is 11.8 Å². The van der Waals surface area contributed by atoms with E-state index in [1.807, 2.05) is 59.2 Å². The number of anilines is 1. The third-order valence-electron chi connectivity index (χ3n) is 5.46. The van der Waals surface area contributed by atoms with Crippen LogP contribution in [0.1, 0.15) is 28.4 Å². The zero-order valence-corrected chi connectivity index (χ0v) is 16.9. The summed E-state index contributed by atoms with van der Waals surface area (Å²) in [6.07, 6.45) is 0.990. The second kappa shape index (κ2) is 7.67. The van der Waals surface area contributed by atoms with Gasteiger partial charge >= 0.3 is 0 Å². The van der Waals surface area contributed by atoms with Crippen molar-refractivity contribution >= 4 is 28.8 Å². The molecule has 2 N–H and O–H groups in total. The van der Waals surface area contributed by atoms with Gasteiger partial charge in [0.15, 0.2) is 0 Å². The van der Waals surface area contributed by atoms with Gasteiger partial charge in [0.05, 0.1) is 11.0 Å². The number of aromatic nitrogens is 5. The summed E-state index contributed by atoms with van der Waals surface area (Å²) in [7, 11) is 1.68. The number of hydrogen-bond acceptors (Lipinski definition) is 5. The van der Waals surface area contributed by atoms with E-state index in [0.717, 1.165) is 16.6 Å². The van der Waals surface area contributed by atoms with Crippen LogP contribution in [0.4, 0.5) is 5.95 Å². The average Bonchev–Trinajstić information content (AvgIpc) is 3.38. The third kappa shape index (κ3) is 3.54. The quantitative estimate of drug-likeness (QED) is 0.529. The Labute approximate surface area is 178 Å². The molecule has 31 heavy (non-hydrogen) atoms. The monoisotopic (exact) mass is 415 g/mol. The van der Waals surface area contributed by atoms with E-state index in [4.69, 9.17) is 0 Å². The maximum atomic E-state index is 13.0. The molecule has 1 aliphatic rings. The number of rotatable bonds is 4. The van der Waals surface area contributed by atoms with Crippen LogP contribution in [0.5, 0.6) is 0 Å². The second-order valence-corrected chi connectivity index (χ2v) is 7.53. The van der Waals surface area contributed by atoms with Crippen LogP contribution in [-0.4, -0.2) is 49.6 Å². The first kappa shape index (κ1) is 19.0. The molecule has 0 saturated heterocycles. The molecule has 1 aliphatic heterocycles. The Bertz CT molecular complexity index is 1260. The number of nitrogens with one attached hydrogen (secondary N) is 2. The molecule has 4 aromatic rings. The van der Waals surface area contributed by atoms with Crippen molar-refractivity contribution in [1.82, 2.24) is 30.0 Å². The number of carbonyl (C=O) groups is 2. The van der Waals surface area contributed by atoms with Crippen molar-refractivity contribution in [3.63, 3.8) is 0 Å². The molecule has 3 heterocycles. The molecule has 0 bridgehead atoms. The van der Waals surface area contributed by atoms with Crippen molar-refractivity contribution in [3.8, 4) is 0 Å². The van der Waals surface area contributed by atoms with Crippen LogP contribution in [0.3, 0.4) is 0 Å². The number of para-hydroxylation sites is 2. The number of fused-ring (bicyclic) bond motifs is 3. The maximum Gasteiger partial charge on any atom is 0.291 e. The molecule has 0 spiro atoms. The van der Waals surface area contributed by atoms with Gasteiger partial charge in [0.1, 0.15) is 11.9 Å². The zero-order chi connectivity index (χ0) is 21.4. The smallest absolute Gasteiger partial charge is 0.291 e. The molecular formula is C22H21N7O2. The van der Waals surface area contributed by atoms with Gasteiger partial charge in [-0.1, -0.05) is 42.5 Å². The first-order valence-corrected chi connectivity index (χ1v) is 10.1. The van der Waals surface area contributed by atoms with E-state index < -0.39 is 11.9 Å². The summed E-state index contributed by atoms with van der Waals surface area (Å²) < 4.78 is 2.00. The Morgan fingerprint density at radius 1 is 1.13 bits per heavy atom. The summed E-state index contributed by atoms with van der Waals surface area (Å²) in [6.45, 7) is 0.560. The largest absolute Gasteiger partial charge is 0.337 e. The van der Waals surface area contributed by atoms with Gasteiger partial charge in [-0.05, 0) is 24.1 Å². The van der Waals surface area contributed by atoms with Crippen molar-refractivity contribution in [1.29, 1.82) is 0 Å². The van der Waals surface area contributed by atoms with Gasteiger partial charge in [-0.25, -0.2) is 9.97 Å². The summed E-state index contributed by atoms with van der Waals surface area (Å²) >= 11 is 0. The highest BCUT2D eigenvalue weighted by Gasteiger charge is 2.32. The number of likely N-dealkylation sites (N-methyl/N-ethyl adjacent to an activating group) is 1. The van der Waals surface area contributed by atoms with Crippen molar-refractivity contribution in [2.45, 2.75) is 25.4 Å². The van der Waals surface area contributed by atoms with Gasteiger partial charge in [-0.15, -0.1) is 5.10 Å². The highest BCUT2D eigenvalue weighted by Crippen LogP contribution is 2.25. The molecule has 2 aromatic heterocycles. The Morgan fingerprint density at radius 2 is 1.90 bits per heavy atom. The number of benzene rings is 2. The van der Waals surface area contributed by atoms with Gasteiger partial charge in [-0.2, -0.15) is 0 Å². The molecule has 9 nitrogen and oxygen atoms in total. The zero-order valence-electron chi connectivity index (χ0n) is 16.9. The lowest BCUT2D eigenvalue weighted by Gasteiger charge is -2.19. The van der Waals surface area contributed by atoms with Crippen LogP contribution in [0.2, 0.25) is 0 Å². The third-order valence-corrected chi connectivity index (χ3v) is 5.46. The van der Waals surface area contributed by atoms with Gasteiger partial charge in [0, 0.05) is 20.0 Å². The van der Waals surface area contributed by atoms with Crippen LogP contribution < -0.4 is 10.2 Å². The van der Waals surface area contributed by atoms with Gasteiger partial charge < -0.3 is 9.88 Å². The fourth-order valence-electron chi connectivity index (χ4n) is 3.88. The molecular weight excluding hydrogens is 394 g/mol. The number of aromatic amines is 1. The number of carbonyl (C=O) groups excluding carboxylic acids is 2. The molecule has 0 aliphatic carbocycles. The molecule has 1 unspecified atom stereocenters. The molecule has 0 saturated carbocycles. The van der Waals surface area contributed by atoms with E-state index in [2.05, 4.69) is 25.5 Å². The summed E-state index contributed by atoms with van der Waals surface area (Å²) in [6, 6.07) is 16.9. The fourth-order valence-corrected chi connectivity index (χ4v) is 3.88. The molecule has 1 atom stereocenters. The lowest BCUT2D eigenvalue weighted by molar-refractivity contribution is -0.120. The highest BCUT2D eigenvalue weighted by molar-refractivity contribution is 6.01. The minimum atomic E-state index is -0.686. The average molecular weight is 415 g/mol. The number of aryl methyl sites for hydroxylation is 1. The Balaban J connectivity index is 1.31. The molecule has 0 fully saturated rings. The van der Waals surface area contributed by atoms with E-state index >= 15 is 0 Å². The number of imidazole rings is 1. The van der Waals surface area contributed by atoms with E-state index in [1.54, 1.807) is 7.05 Å².